The van der Waals surface area contributed by atoms with Crippen molar-refractivity contribution in [3.8, 4) is 22.3 Å². The van der Waals surface area contributed by atoms with E-state index in [9.17, 15) is 0 Å². The van der Waals surface area contributed by atoms with Gasteiger partial charge in [-0.05, 0) is 141 Å². The highest BCUT2D eigenvalue weighted by molar-refractivity contribution is 5.81. The molecule has 0 radical (unpaired) electrons. The minimum Gasteiger partial charge on any atom is -0.309 e. The Morgan fingerprint density at radius 3 is 0.638 bits per heavy atom. The van der Waals surface area contributed by atoms with Crippen LogP contribution in [0.15, 0.2) is 170 Å². The van der Waals surface area contributed by atoms with Crippen molar-refractivity contribution in [3.63, 3.8) is 0 Å². The highest BCUT2D eigenvalue weighted by Gasteiger charge is 2.42. The van der Waals surface area contributed by atoms with Crippen molar-refractivity contribution in [3.05, 3.63) is 259 Å². The molecule has 0 aromatic heterocycles. The molecule has 1 heteroatoms. The minimum absolute atomic E-state index is 0.179. The zero-order chi connectivity index (χ0) is 48.7. The molecule has 10 rings (SSSR count). The van der Waals surface area contributed by atoms with Crippen molar-refractivity contribution in [1.29, 1.82) is 0 Å². The molecule has 8 aromatic carbocycles. The number of aryl methyl sites for hydroxylation is 4. The summed E-state index contributed by atoms with van der Waals surface area (Å²) in [6.07, 6.45) is 0. The molecule has 2 aliphatic heterocycles. The largest absolute Gasteiger partial charge is 0.309 e. The number of rotatable bonds is 8. The van der Waals surface area contributed by atoms with E-state index in [1.165, 1.54) is 111 Å². The molecule has 0 N–H and O–H groups in total. The van der Waals surface area contributed by atoms with Crippen molar-refractivity contribution in [2.45, 2.75) is 131 Å². The lowest BCUT2D eigenvalue weighted by molar-refractivity contribution is -0.978. The van der Waals surface area contributed by atoms with Crippen molar-refractivity contribution < 1.29 is 4.48 Å². The van der Waals surface area contributed by atoms with E-state index in [2.05, 4.69) is 253 Å². The van der Waals surface area contributed by atoms with Crippen LogP contribution in [0.25, 0.3) is 22.3 Å². The van der Waals surface area contributed by atoms with Gasteiger partial charge < -0.3 is 4.48 Å². The molecule has 69 heavy (non-hydrogen) atoms. The maximum atomic E-state index is 2.62. The Morgan fingerprint density at radius 2 is 0.449 bits per heavy atom. The number of nitrogens with zero attached hydrogens (tertiary/aromatic N) is 1. The fourth-order valence-corrected chi connectivity index (χ4v) is 12.7. The summed E-state index contributed by atoms with van der Waals surface area (Å²) in [7, 11) is 0. The van der Waals surface area contributed by atoms with Crippen LogP contribution in [0.1, 0.15) is 144 Å². The van der Waals surface area contributed by atoms with Gasteiger partial charge in [-0.2, -0.15) is 0 Å². The molecular weight excluding hydrogens is 831 g/mol. The van der Waals surface area contributed by atoms with Crippen LogP contribution in [0.2, 0.25) is 0 Å². The van der Waals surface area contributed by atoms with Crippen LogP contribution in [0, 0.1) is 27.7 Å². The van der Waals surface area contributed by atoms with Crippen LogP contribution in [-0.4, -0.2) is 4.48 Å². The number of fused-ring (bicyclic) bond motifs is 6. The first-order valence-electron chi connectivity index (χ1n) is 25.4. The minimum atomic E-state index is -0.179. The van der Waals surface area contributed by atoms with Gasteiger partial charge in [-0.3, -0.25) is 0 Å². The van der Waals surface area contributed by atoms with E-state index >= 15 is 0 Å². The van der Waals surface area contributed by atoms with Gasteiger partial charge in [-0.15, -0.1) is 0 Å². The lowest BCUT2D eigenvalue weighted by Gasteiger charge is -2.39. The van der Waals surface area contributed by atoms with Crippen molar-refractivity contribution in [2.24, 2.45) is 0 Å². The van der Waals surface area contributed by atoms with Crippen molar-refractivity contribution in [1.82, 2.24) is 0 Å². The van der Waals surface area contributed by atoms with Gasteiger partial charge in [0.2, 0.25) is 0 Å². The summed E-state index contributed by atoms with van der Waals surface area (Å²) in [5.74, 6) is 0. The second kappa shape index (κ2) is 17.0. The van der Waals surface area contributed by atoms with E-state index < -0.39 is 0 Å². The highest BCUT2D eigenvalue weighted by Crippen LogP contribution is 2.51. The van der Waals surface area contributed by atoms with E-state index in [1.807, 2.05) is 0 Å². The molecule has 0 aliphatic carbocycles. The third kappa shape index (κ3) is 8.02. The van der Waals surface area contributed by atoms with Gasteiger partial charge >= 0.3 is 0 Å². The van der Waals surface area contributed by atoms with Gasteiger partial charge in [0.25, 0.3) is 0 Å². The van der Waals surface area contributed by atoms with Crippen LogP contribution < -0.4 is 0 Å². The average Bonchev–Trinajstić information content (AvgIpc) is 3.57. The normalized spacial score (nSPS) is 14.6. The first-order valence-corrected chi connectivity index (χ1v) is 25.4. The molecular formula is C68H72N+. The predicted octanol–water partition coefficient (Wildman–Crippen LogP) is 17.1. The smallest absolute Gasteiger partial charge is 0.106 e. The molecule has 0 fully saturated rings. The molecule has 0 saturated carbocycles. The zero-order valence-electron chi connectivity index (χ0n) is 43.4. The first kappa shape index (κ1) is 46.4. The van der Waals surface area contributed by atoms with Gasteiger partial charge in [-0.1, -0.05) is 201 Å². The Labute approximate surface area is 414 Å². The summed E-state index contributed by atoms with van der Waals surface area (Å²) >= 11 is 0. The van der Waals surface area contributed by atoms with Gasteiger partial charge in [0.1, 0.15) is 26.2 Å². The summed E-state index contributed by atoms with van der Waals surface area (Å²) in [6, 6.07) is 65.1. The van der Waals surface area contributed by atoms with E-state index in [1.54, 1.807) is 0 Å². The van der Waals surface area contributed by atoms with Crippen LogP contribution in [0.3, 0.4) is 0 Å². The Morgan fingerprint density at radius 1 is 0.261 bits per heavy atom. The van der Waals surface area contributed by atoms with Crippen LogP contribution in [-0.2, 0) is 47.8 Å². The fraction of sp³-hybridized carbons (Fsp3) is 0.294. The number of hydrogen-bond acceptors (Lipinski definition) is 0. The second-order valence-electron chi connectivity index (χ2n) is 23.2. The lowest BCUT2D eigenvalue weighted by atomic mass is 9.74. The SMILES string of the molecule is Cc1cc(C(C)(C)c2ccccc2)cc2c1-c1c(C)cc(C(C)(C)c3ccccc3)cc1C[N+]1(C2)Cc2cc(C(C)(C)c3ccccc3)cc(C)c2-c2c(C)cc(C(C)(C)c3ccccc3)cc2C1. The van der Waals surface area contributed by atoms with Crippen molar-refractivity contribution >= 4 is 0 Å². The highest BCUT2D eigenvalue weighted by atomic mass is 15.4. The molecule has 0 amide bonds. The monoisotopic (exact) mass is 903 g/mol. The summed E-state index contributed by atoms with van der Waals surface area (Å²) < 4.78 is 0.895. The first-order chi connectivity index (χ1) is 32.8. The lowest BCUT2D eigenvalue weighted by Crippen LogP contribution is -2.44. The second-order valence-corrected chi connectivity index (χ2v) is 23.2. The summed E-state index contributed by atoms with van der Waals surface area (Å²) in [4.78, 5) is 0. The molecule has 0 bridgehead atoms. The van der Waals surface area contributed by atoms with Crippen LogP contribution in [0.5, 0.6) is 0 Å². The third-order valence-corrected chi connectivity index (χ3v) is 17.1. The molecule has 0 saturated heterocycles. The summed E-state index contributed by atoms with van der Waals surface area (Å²) in [5, 5.41) is 0. The third-order valence-electron chi connectivity index (χ3n) is 17.1. The number of hydrogen-bond donors (Lipinski definition) is 0. The quantitative estimate of drug-likeness (QED) is 0.133. The molecule has 2 heterocycles. The summed E-state index contributed by atoms with van der Waals surface area (Å²) in [6.45, 7) is 32.6. The van der Waals surface area contributed by atoms with E-state index in [4.69, 9.17) is 0 Å². The van der Waals surface area contributed by atoms with Crippen LogP contribution in [0.4, 0.5) is 0 Å². The maximum Gasteiger partial charge on any atom is 0.106 e. The zero-order valence-corrected chi connectivity index (χ0v) is 43.4. The maximum absolute atomic E-state index is 2.62. The summed E-state index contributed by atoms with van der Waals surface area (Å²) in [5.41, 5.74) is 27.3. The van der Waals surface area contributed by atoms with Gasteiger partial charge in [0.05, 0.1) is 0 Å². The molecule has 8 aromatic rings. The average molecular weight is 903 g/mol. The topological polar surface area (TPSA) is 0 Å². The van der Waals surface area contributed by atoms with Crippen LogP contribution >= 0.6 is 0 Å². The Hall–Kier alpha value is -6.28. The molecule has 0 atom stereocenters. The molecule has 1 nitrogen and oxygen atoms in total. The standard InChI is InChI=1S/C68H72N/c1-45-33-57(65(5,6)53-25-17-13-18-26-53)37-49-41-69(42-50-38-58(34-46(2)62(50)61(45)49)66(7,8)54-27-19-14-20-28-54)43-51-39-59(67(9,10)55-29-21-15-22-30-55)35-47(3)63(51)64-48(4)36-60(40-52(64)44-69)68(11,12)56-31-23-16-24-32-56/h13-40H,41-44H2,1-12H3/q+1. The van der Waals surface area contributed by atoms with Gasteiger partial charge in [-0.25, -0.2) is 0 Å². The Kier molecular flexibility index (Phi) is 11.4. The molecule has 0 unspecified atom stereocenters. The fourth-order valence-electron chi connectivity index (χ4n) is 12.7. The molecule has 1 spiro atoms. The van der Waals surface area contributed by atoms with Gasteiger partial charge in [0.15, 0.2) is 0 Å². The van der Waals surface area contributed by atoms with Crippen molar-refractivity contribution in [2.75, 3.05) is 0 Å². The van der Waals surface area contributed by atoms with E-state index in [-0.39, 0.29) is 21.7 Å². The number of quaternary nitrogens is 1. The van der Waals surface area contributed by atoms with E-state index in [0.29, 0.717) is 0 Å². The Balaban J connectivity index is 1.26. The van der Waals surface area contributed by atoms with E-state index in [0.717, 1.165) is 30.7 Å². The predicted molar refractivity (Wildman–Crippen MR) is 292 cm³/mol. The number of benzene rings is 8. The molecule has 348 valence electrons. The van der Waals surface area contributed by atoms with Gasteiger partial charge in [0, 0.05) is 43.9 Å². The molecule has 2 aliphatic rings. The Bertz CT molecular complexity index is 2780.